The number of carbonyl (C=O) groups excluding carboxylic acids is 1. The Labute approximate surface area is 141 Å². The van der Waals surface area contributed by atoms with Crippen LogP contribution >= 0.6 is 0 Å². The summed E-state index contributed by atoms with van der Waals surface area (Å²) in [6.07, 6.45) is 2.16. The first kappa shape index (κ1) is 19.7. The van der Waals surface area contributed by atoms with Gasteiger partial charge in [0.2, 0.25) is 5.91 Å². The van der Waals surface area contributed by atoms with E-state index in [1.807, 2.05) is 20.8 Å². The Bertz CT molecular complexity index is 390. The lowest BCUT2D eigenvalue weighted by atomic mass is 9.97. The molecule has 0 aromatic rings. The summed E-state index contributed by atoms with van der Waals surface area (Å²) in [4.78, 5) is 20.8. The Morgan fingerprint density at radius 1 is 1.26 bits per heavy atom. The lowest BCUT2D eigenvalue weighted by Gasteiger charge is -2.32. The summed E-state index contributed by atoms with van der Waals surface area (Å²) in [5, 5.41) is 3.02. The van der Waals surface area contributed by atoms with Gasteiger partial charge in [-0.25, -0.2) is 0 Å². The predicted octanol–water partition coefficient (Wildman–Crippen LogP) is 1.27. The van der Waals surface area contributed by atoms with E-state index in [1.54, 1.807) is 0 Å². The number of rotatable bonds is 6. The van der Waals surface area contributed by atoms with Crippen molar-refractivity contribution in [2.75, 3.05) is 39.3 Å². The van der Waals surface area contributed by atoms with E-state index in [0.717, 1.165) is 45.6 Å². The molecular formula is C17H35N5O. The smallest absolute Gasteiger partial charge is 0.234 e. The van der Waals surface area contributed by atoms with E-state index in [2.05, 4.69) is 34.0 Å². The molecule has 0 atom stereocenters. The van der Waals surface area contributed by atoms with E-state index >= 15 is 0 Å². The zero-order valence-electron chi connectivity index (χ0n) is 15.6. The van der Waals surface area contributed by atoms with Crippen LogP contribution in [0.4, 0.5) is 0 Å². The third-order valence-corrected chi connectivity index (χ3v) is 4.19. The van der Waals surface area contributed by atoms with E-state index in [0.29, 0.717) is 18.4 Å². The second-order valence-corrected chi connectivity index (χ2v) is 7.39. The van der Waals surface area contributed by atoms with Crippen LogP contribution in [-0.2, 0) is 4.79 Å². The Hall–Kier alpha value is -1.30. The van der Waals surface area contributed by atoms with Crippen molar-refractivity contribution in [3.8, 4) is 0 Å². The van der Waals surface area contributed by atoms with Crippen LogP contribution in [0.1, 0.15) is 47.5 Å². The molecule has 1 saturated heterocycles. The molecule has 3 N–H and O–H groups in total. The summed E-state index contributed by atoms with van der Waals surface area (Å²) in [6.45, 7) is 15.2. The lowest BCUT2D eigenvalue weighted by molar-refractivity contribution is -0.124. The quantitative estimate of drug-likeness (QED) is 0.570. The predicted molar refractivity (Wildman–Crippen MR) is 96.5 cm³/mol. The largest absolute Gasteiger partial charge is 0.370 e. The first-order valence-corrected chi connectivity index (χ1v) is 8.83. The number of piperidine rings is 1. The Morgan fingerprint density at radius 3 is 2.30 bits per heavy atom. The van der Waals surface area contributed by atoms with Crippen LogP contribution in [0.5, 0.6) is 0 Å². The fraction of sp³-hybridized carbons (Fsp3) is 0.882. The number of guanidine groups is 1. The highest BCUT2D eigenvalue weighted by Crippen LogP contribution is 2.17. The molecule has 0 aliphatic carbocycles. The van der Waals surface area contributed by atoms with Gasteiger partial charge in [-0.1, -0.05) is 0 Å². The maximum atomic E-state index is 12.0. The molecule has 1 aliphatic heterocycles. The van der Waals surface area contributed by atoms with Gasteiger partial charge in [0.1, 0.15) is 0 Å². The second kappa shape index (κ2) is 9.11. The molecule has 134 valence electrons. The monoisotopic (exact) mass is 325 g/mol. The molecule has 23 heavy (non-hydrogen) atoms. The third kappa shape index (κ3) is 7.68. The highest BCUT2D eigenvalue weighted by Gasteiger charge is 2.22. The van der Waals surface area contributed by atoms with E-state index < -0.39 is 0 Å². The summed E-state index contributed by atoms with van der Waals surface area (Å²) in [5.74, 6) is 1.34. The van der Waals surface area contributed by atoms with Crippen LogP contribution in [0.2, 0.25) is 0 Å². The van der Waals surface area contributed by atoms with Crippen molar-refractivity contribution in [3.63, 3.8) is 0 Å². The van der Waals surface area contributed by atoms with Crippen molar-refractivity contribution >= 4 is 11.9 Å². The highest BCUT2D eigenvalue weighted by molar-refractivity contribution is 5.78. The zero-order chi connectivity index (χ0) is 17.5. The van der Waals surface area contributed by atoms with E-state index in [-0.39, 0.29) is 11.4 Å². The minimum atomic E-state index is -0.161. The van der Waals surface area contributed by atoms with Gasteiger partial charge in [0.25, 0.3) is 0 Å². The standard InChI is InChI=1S/C17H35N5O/c1-6-22(7-2)16(18)19-12-14-8-10-21(11-9-14)13-15(23)20-17(3,4)5/h14H,6-13H2,1-5H3,(H2,18,19)(H,20,23). The molecule has 0 saturated carbocycles. The molecule has 0 aromatic carbocycles. The second-order valence-electron chi connectivity index (χ2n) is 7.39. The van der Waals surface area contributed by atoms with Gasteiger partial charge >= 0.3 is 0 Å². The number of amides is 1. The van der Waals surface area contributed by atoms with Gasteiger partial charge < -0.3 is 16.0 Å². The van der Waals surface area contributed by atoms with Gasteiger partial charge in [0, 0.05) is 25.2 Å². The van der Waals surface area contributed by atoms with Gasteiger partial charge in [0.05, 0.1) is 6.54 Å². The van der Waals surface area contributed by atoms with Crippen LogP contribution in [-0.4, -0.2) is 66.5 Å². The molecule has 0 radical (unpaired) electrons. The van der Waals surface area contributed by atoms with Crippen LogP contribution in [0.3, 0.4) is 0 Å². The van der Waals surface area contributed by atoms with Crippen LogP contribution in [0, 0.1) is 5.92 Å². The van der Waals surface area contributed by atoms with Crippen molar-refractivity contribution in [3.05, 3.63) is 0 Å². The molecule has 6 nitrogen and oxygen atoms in total. The zero-order valence-corrected chi connectivity index (χ0v) is 15.6. The molecule has 0 aromatic heterocycles. The van der Waals surface area contributed by atoms with Crippen molar-refractivity contribution in [2.45, 2.75) is 53.0 Å². The topological polar surface area (TPSA) is 74.0 Å². The molecule has 1 fully saturated rings. The summed E-state index contributed by atoms with van der Waals surface area (Å²) in [6, 6.07) is 0. The number of carbonyl (C=O) groups is 1. The maximum Gasteiger partial charge on any atom is 0.234 e. The number of hydrogen-bond donors (Lipinski definition) is 2. The summed E-state index contributed by atoms with van der Waals surface area (Å²) < 4.78 is 0. The number of hydrogen-bond acceptors (Lipinski definition) is 3. The number of aliphatic imine (C=N–C) groups is 1. The van der Waals surface area contributed by atoms with E-state index in [1.165, 1.54) is 0 Å². The first-order valence-electron chi connectivity index (χ1n) is 8.83. The molecule has 6 heteroatoms. The molecular weight excluding hydrogens is 290 g/mol. The maximum absolute atomic E-state index is 12.0. The number of nitrogens with zero attached hydrogens (tertiary/aromatic N) is 3. The van der Waals surface area contributed by atoms with Gasteiger partial charge in [-0.15, -0.1) is 0 Å². The number of likely N-dealkylation sites (tertiary alicyclic amines) is 1. The molecule has 0 unspecified atom stereocenters. The SMILES string of the molecule is CCN(CC)C(N)=NCC1CCN(CC(=O)NC(C)(C)C)CC1. The molecule has 1 amide bonds. The summed E-state index contributed by atoms with van der Waals surface area (Å²) >= 11 is 0. The molecule has 1 rings (SSSR count). The van der Waals surface area contributed by atoms with E-state index in [9.17, 15) is 4.79 Å². The Morgan fingerprint density at radius 2 is 1.83 bits per heavy atom. The van der Waals surface area contributed by atoms with Crippen molar-refractivity contribution in [1.82, 2.24) is 15.1 Å². The fourth-order valence-corrected chi connectivity index (χ4v) is 2.86. The Kier molecular flexibility index (Phi) is 7.82. The fourth-order valence-electron chi connectivity index (χ4n) is 2.86. The average molecular weight is 326 g/mol. The number of nitrogens with two attached hydrogens (primary N) is 1. The highest BCUT2D eigenvalue weighted by atomic mass is 16.2. The van der Waals surface area contributed by atoms with Gasteiger partial charge in [-0.05, 0) is 66.5 Å². The van der Waals surface area contributed by atoms with Crippen molar-refractivity contribution < 1.29 is 4.79 Å². The van der Waals surface area contributed by atoms with Gasteiger partial charge in [-0.3, -0.25) is 14.7 Å². The molecule has 1 heterocycles. The lowest BCUT2D eigenvalue weighted by Crippen LogP contribution is -2.47. The minimum Gasteiger partial charge on any atom is -0.370 e. The van der Waals surface area contributed by atoms with Crippen LogP contribution in [0.25, 0.3) is 0 Å². The summed E-state index contributed by atoms with van der Waals surface area (Å²) in [7, 11) is 0. The first-order chi connectivity index (χ1) is 10.7. The van der Waals surface area contributed by atoms with Crippen molar-refractivity contribution in [2.24, 2.45) is 16.6 Å². The van der Waals surface area contributed by atoms with E-state index in [4.69, 9.17) is 5.73 Å². The third-order valence-electron chi connectivity index (χ3n) is 4.19. The average Bonchev–Trinajstić information content (AvgIpc) is 2.45. The van der Waals surface area contributed by atoms with Crippen LogP contribution < -0.4 is 11.1 Å². The van der Waals surface area contributed by atoms with Crippen molar-refractivity contribution in [1.29, 1.82) is 0 Å². The molecule has 0 bridgehead atoms. The Balaban J connectivity index is 2.33. The normalized spacial score (nSPS) is 18.0. The van der Waals surface area contributed by atoms with Gasteiger partial charge in [0.15, 0.2) is 5.96 Å². The summed E-state index contributed by atoms with van der Waals surface area (Å²) in [5.41, 5.74) is 5.86. The van der Waals surface area contributed by atoms with Crippen LogP contribution in [0.15, 0.2) is 4.99 Å². The number of nitrogens with one attached hydrogen (secondary N) is 1. The molecule has 0 spiro atoms. The molecule has 1 aliphatic rings. The minimum absolute atomic E-state index is 0.111. The van der Waals surface area contributed by atoms with Gasteiger partial charge in [-0.2, -0.15) is 0 Å².